The second-order valence-electron chi connectivity index (χ2n) is 3.54. The van der Waals surface area contributed by atoms with E-state index in [2.05, 4.69) is 37.3 Å². The summed E-state index contributed by atoms with van der Waals surface area (Å²) in [5.74, 6) is 0. The monoisotopic (exact) mass is 209 g/mol. The normalized spacial score (nSPS) is 12.6. The first kappa shape index (κ1) is 11.1. The van der Waals surface area contributed by atoms with Crippen molar-refractivity contribution in [3.05, 3.63) is 46.8 Å². The van der Waals surface area contributed by atoms with Crippen LogP contribution in [-0.4, -0.2) is 4.57 Å². The maximum atomic E-state index is 5.97. The topological polar surface area (TPSA) is 4.93 Å². The average molecular weight is 210 g/mol. The van der Waals surface area contributed by atoms with Crippen LogP contribution in [0.4, 0.5) is 0 Å². The van der Waals surface area contributed by atoms with E-state index in [9.17, 15) is 0 Å². The molecule has 1 nitrogen and oxygen atoms in total. The van der Waals surface area contributed by atoms with Crippen molar-refractivity contribution in [2.45, 2.75) is 27.3 Å². The number of allylic oxidation sites excluding steroid dienone is 3. The Morgan fingerprint density at radius 3 is 2.64 bits per heavy atom. The van der Waals surface area contributed by atoms with Gasteiger partial charge in [-0.15, -0.1) is 0 Å². The zero-order valence-electron chi connectivity index (χ0n) is 8.97. The van der Waals surface area contributed by atoms with Crippen LogP contribution in [-0.2, 0) is 6.54 Å². The largest absolute Gasteiger partial charge is 0.347 e. The second-order valence-corrected chi connectivity index (χ2v) is 3.95. The van der Waals surface area contributed by atoms with E-state index in [-0.39, 0.29) is 0 Å². The van der Waals surface area contributed by atoms with Gasteiger partial charge in [0.2, 0.25) is 0 Å². The van der Waals surface area contributed by atoms with Crippen LogP contribution in [0.1, 0.15) is 18.2 Å². The van der Waals surface area contributed by atoms with Gasteiger partial charge in [-0.25, -0.2) is 0 Å². The Labute approximate surface area is 90.7 Å². The summed E-state index contributed by atoms with van der Waals surface area (Å²) in [6.07, 6.45) is 3.77. The lowest BCUT2D eigenvalue weighted by Crippen LogP contribution is -2.00. The highest BCUT2D eigenvalue weighted by molar-refractivity contribution is 6.31. The number of nitrogens with zero attached hydrogens (tertiary/aromatic N) is 1. The smallest absolute Gasteiger partial charge is 0.0447 e. The third-order valence-electron chi connectivity index (χ3n) is 2.50. The van der Waals surface area contributed by atoms with Crippen molar-refractivity contribution in [1.29, 1.82) is 0 Å². The molecule has 2 heteroatoms. The molecule has 1 aromatic rings. The van der Waals surface area contributed by atoms with Crippen LogP contribution in [0.15, 0.2) is 35.5 Å². The lowest BCUT2D eigenvalue weighted by atomic mass is 10.2. The van der Waals surface area contributed by atoms with Gasteiger partial charge in [0.1, 0.15) is 0 Å². The summed E-state index contributed by atoms with van der Waals surface area (Å²) in [4.78, 5) is 0. The third kappa shape index (κ3) is 2.30. The van der Waals surface area contributed by atoms with E-state index in [0.29, 0.717) is 0 Å². The summed E-state index contributed by atoms with van der Waals surface area (Å²) >= 11 is 5.97. The van der Waals surface area contributed by atoms with Gasteiger partial charge in [0.15, 0.2) is 0 Å². The van der Waals surface area contributed by atoms with E-state index in [0.717, 1.165) is 17.2 Å². The van der Waals surface area contributed by atoms with Crippen LogP contribution >= 0.6 is 11.6 Å². The van der Waals surface area contributed by atoms with Crippen LogP contribution in [0, 0.1) is 13.8 Å². The first-order valence-corrected chi connectivity index (χ1v) is 5.04. The fourth-order valence-corrected chi connectivity index (χ4v) is 1.40. The molecule has 0 aromatic carbocycles. The summed E-state index contributed by atoms with van der Waals surface area (Å²) in [5, 5.41) is 0.746. The Kier molecular flexibility index (Phi) is 3.59. The van der Waals surface area contributed by atoms with Crippen molar-refractivity contribution in [2.24, 2.45) is 0 Å². The maximum absolute atomic E-state index is 5.97. The first-order valence-electron chi connectivity index (χ1n) is 4.66. The SMILES string of the molecule is C=CC(Cl)=C(C)Cn1ccc(C)c1C. The highest BCUT2D eigenvalue weighted by atomic mass is 35.5. The van der Waals surface area contributed by atoms with Crippen molar-refractivity contribution >= 4 is 11.6 Å². The lowest BCUT2D eigenvalue weighted by Gasteiger charge is -2.07. The van der Waals surface area contributed by atoms with Gasteiger partial charge in [-0.3, -0.25) is 0 Å². The molecule has 0 aliphatic rings. The molecule has 0 aliphatic carbocycles. The molecule has 0 atom stereocenters. The molecule has 14 heavy (non-hydrogen) atoms. The summed E-state index contributed by atoms with van der Waals surface area (Å²) in [5.41, 5.74) is 3.74. The molecule has 0 N–H and O–H groups in total. The molecule has 1 heterocycles. The van der Waals surface area contributed by atoms with E-state index < -0.39 is 0 Å². The minimum atomic E-state index is 0.746. The van der Waals surface area contributed by atoms with E-state index in [4.69, 9.17) is 11.6 Å². The molecule has 0 spiro atoms. The third-order valence-corrected chi connectivity index (χ3v) is 2.98. The molecule has 0 saturated heterocycles. The van der Waals surface area contributed by atoms with Gasteiger partial charge in [0.25, 0.3) is 0 Å². The summed E-state index contributed by atoms with van der Waals surface area (Å²) < 4.78 is 2.19. The Hall–Kier alpha value is -0.950. The molecule has 1 rings (SSSR count). The van der Waals surface area contributed by atoms with Crippen LogP contribution in [0.3, 0.4) is 0 Å². The molecule has 0 bridgehead atoms. The fraction of sp³-hybridized carbons (Fsp3) is 0.333. The molecular weight excluding hydrogens is 194 g/mol. The summed E-state index contributed by atoms with van der Waals surface area (Å²) in [6, 6.07) is 2.12. The lowest BCUT2D eigenvalue weighted by molar-refractivity contribution is 0.759. The van der Waals surface area contributed by atoms with Crippen molar-refractivity contribution < 1.29 is 0 Å². The molecule has 0 saturated carbocycles. The molecule has 76 valence electrons. The minimum Gasteiger partial charge on any atom is -0.347 e. The fourth-order valence-electron chi connectivity index (χ4n) is 1.34. The van der Waals surface area contributed by atoms with Gasteiger partial charge >= 0.3 is 0 Å². The average Bonchev–Trinajstić information content (AvgIpc) is 2.48. The molecule has 0 fully saturated rings. The quantitative estimate of drug-likeness (QED) is 0.668. The molecule has 0 radical (unpaired) electrons. The number of aromatic nitrogens is 1. The van der Waals surface area contributed by atoms with E-state index in [1.54, 1.807) is 6.08 Å². The van der Waals surface area contributed by atoms with E-state index in [1.807, 2.05) is 6.92 Å². The number of hydrogen-bond acceptors (Lipinski definition) is 0. The predicted molar refractivity (Wildman–Crippen MR) is 62.7 cm³/mol. The number of halogens is 1. The first-order chi connectivity index (χ1) is 6.56. The van der Waals surface area contributed by atoms with Crippen LogP contribution in [0.5, 0.6) is 0 Å². The molecular formula is C12H16ClN. The Morgan fingerprint density at radius 1 is 1.57 bits per heavy atom. The minimum absolute atomic E-state index is 0.746. The van der Waals surface area contributed by atoms with Gasteiger partial charge in [-0.2, -0.15) is 0 Å². The molecule has 0 amide bonds. The summed E-state index contributed by atoms with van der Waals surface area (Å²) in [6.45, 7) is 10.7. The van der Waals surface area contributed by atoms with Crippen LogP contribution in [0.2, 0.25) is 0 Å². The van der Waals surface area contributed by atoms with Gasteiger partial charge in [-0.1, -0.05) is 24.3 Å². The van der Waals surface area contributed by atoms with Crippen molar-refractivity contribution in [2.75, 3.05) is 0 Å². The number of aryl methyl sites for hydroxylation is 1. The second kappa shape index (κ2) is 4.52. The number of rotatable bonds is 3. The zero-order chi connectivity index (χ0) is 10.7. The molecule has 0 aliphatic heterocycles. The van der Waals surface area contributed by atoms with Crippen LogP contribution in [0.25, 0.3) is 0 Å². The van der Waals surface area contributed by atoms with Crippen LogP contribution < -0.4 is 0 Å². The van der Waals surface area contributed by atoms with Gasteiger partial charge in [0, 0.05) is 23.5 Å². The summed E-state index contributed by atoms with van der Waals surface area (Å²) in [7, 11) is 0. The predicted octanol–water partition coefficient (Wildman–Crippen LogP) is 3.80. The highest BCUT2D eigenvalue weighted by Gasteiger charge is 2.02. The van der Waals surface area contributed by atoms with Gasteiger partial charge in [-0.05, 0) is 38.0 Å². The molecule has 1 aromatic heterocycles. The standard InChI is InChI=1S/C12H16ClN/c1-5-12(13)10(3)8-14-7-6-9(2)11(14)4/h5-7H,1,8H2,2-4H3. The van der Waals surface area contributed by atoms with Gasteiger partial charge in [0.05, 0.1) is 0 Å². The Morgan fingerprint density at radius 2 is 2.21 bits per heavy atom. The van der Waals surface area contributed by atoms with Crippen molar-refractivity contribution in [3.63, 3.8) is 0 Å². The molecule has 0 unspecified atom stereocenters. The van der Waals surface area contributed by atoms with Gasteiger partial charge < -0.3 is 4.57 Å². The van der Waals surface area contributed by atoms with E-state index in [1.165, 1.54) is 11.3 Å². The van der Waals surface area contributed by atoms with Crippen molar-refractivity contribution in [3.8, 4) is 0 Å². The Bertz CT molecular complexity index is 372. The maximum Gasteiger partial charge on any atom is 0.0447 e. The zero-order valence-corrected chi connectivity index (χ0v) is 9.73. The van der Waals surface area contributed by atoms with E-state index >= 15 is 0 Å². The Balaban J connectivity index is 2.90. The number of hydrogen-bond donors (Lipinski definition) is 0. The van der Waals surface area contributed by atoms with Crippen molar-refractivity contribution in [1.82, 2.24) is 4.57 Å². The highest BCUT2D eigenvalue weighted by Crippen LogP contribution is 2.15.